The van der Waals surface area contributed by atoms with Gasteiger partial charge in [-0.3, -0.25) is 0 Å². The van der Waals surface area contributed by atoms with E-state index >= 15 is 0 Å². The molecule has 0 atom stereocenters. The molecule has 0 saturated carbocycles. The predicted octanol–water partition coefficient (Wildman–Crippen LogP) is 5.46. The van der Waals surface area contributed by atoms with Gasteiger partial charge in [0.05, 0.1) is 0 Å². The fraction of sp³-hybridized carbons (Fsp3) is 0.0588. The summed E-state index contributed by atoms with van der Waals surface area (Å²) in [4.78, 5) is 1.28. The van der Waals surface area contributed by atoms with Gasteiger partial charge in [-0.05, 0) is 23.8 Å². The number of hydrogen-bond donors (Lipinski definition) is 0. The molecule has 1 aromatic heterocycles. The van der Waals surface area contributed by atoms with Gasteiger partial charge >= 0.3 is 0 Å². The monoisotopic (exact) mass is 264 g/mol. The van der Waals surface area contributed by atoms with Crippen molar-refractivity contribution in [2.24, 2.45) is 0 Å². The van der Waals surface area contributed by atoms with Crippen molar-refractivity contribution >= 4 is 44.5 Å². The van der Waals surface area contributed by atoms with E-state index in [4.69, 9.17) is 4.42 Å². The van der Waals surface area contributed by atoms with E-state index in [1.807, 2.05) is 12.1 Å². The second-order valence-electron chi connectivity index (χ2n) is 4.60. The van der Waals surface area contributed by atoms with Crippen LogP contribution in [0.15, 0.2) is 63.9 Å². The predicted molar refractivity (Wildman–Crippen MR) is 83.0 cm³/mol. The van der Waals surface area contributed by atoms with Gasteiger partial charge in [-0.25, -0.2) is 0 Å². The highest BCUT2D eigenvalue weighted by atomic mass is 32.2. The van der Waals surface area contributed by atoms with E-state index in [0.29, 0.717) is 0 Å². The lowest BCUT2D eigenvalue weighted by Gasteiger charge is -2.03. The third kappa shape index (κ3) is 1.50. The van der Waals surface area contributed by atoms with Crippen LogP contribution >= 0.6 is 11.8 Å². The van der Waals surface area contributed by atoms with Crippen molar-refractivity contribution < 1.29 is 4.42 Å². The van der Waals surface area contributed by atoms with Gasteiger partial charge in [0.25, 0.3) is 0 Å². The van der Waals surface area contributed by atoms with E-state index in [0.717, 1.165) is 11.2 Å². The molecular formula is C17H12OS. The summed E-state index contributed by atoms with van der Waals surface area (Å²) in [5, 5.41) is 4.86. The van der Waals surface area contributed by atoms with Crippen molar-refractivity contribution in [2.45, 2.75) is 4.90 Å². The van der Waals surface area contributed by atoms with Crippen LogP contribution in [0.4, 0.5) is 0 Å². The summed E-state index contributed by atoms with van der Waals surface area (Å²) in [7, 11) is 0. The Morgan fingerprint density at radius 2 is 1.63 bits per heavy atom. The number of benzene rings is 3. The number of furan rings is 1. The Morgan fingerprint density at radius 3 is 2.47 bits per heavy atom. The zero-order valence-electron chi connectivity index (χ0n) is 10.5. The molecule has 0 N–H and O–H groups in total. The summed E-state index contributed by atoms with van der Waals surface area (Å²) < 4.78 is 6.09. The minimum absolute atomic E-state index is 0.962. The van der Waals surface area contributed by atoms with Crippen molar-refractivity contribution in [3.05, 3.63) is 54.6 Å². The Hall–Kier alpha value is -1.93. The van der Waals surface area contributed by atoms with Crippen molar-refractivity contribution in [2.75, 3.05) is 6.26 Å². The Morgan fingerprint density at radius 1 is 0.895 bits per heavy atom. The zero-order valence-corrected chi connectivity index (χ0v) is 11.3. The molecule has 0 saturated heterocycles. The van der Waals surface area contributed by atoms with Crippen molar-refractivity contribution in [1.82, 2.24) is 0 Å². The molecule has 4 rings (SSSR count). The van der Waals surface area contributed by atoms with E-state index in [2.05, 4.69) is 48.7 Å². The summed E-state index contributed by atoms with van der Waals surface area (Å²) in [5.41, 5.74) is 1.97. The van der Waals surface area contributed by atoms with Gasteiger partial charge in [0.1, 0.15) is 11.2 Å². The number of hydrogen-bond acceptors (Lipinski definition) is 2. The van der Waals surface area contributed by atoms with Gasteiger partial charge in [-0.2, -0.15) is 0 Å². The van der Waals surface area contributed by atoms with Crippen LogP contribution in [0.25, 0.3) is 32.7 Å². The average molecular weight is 264 g/mol. The molecule has 1 heterocycles. The van der Waals surface area contributed by atoms with Crippen molar-refractivity contribution in [1.29, 1.82) is 0 Å². The maximum Gasteiger partial charge on any atom is 0.144 e. The summed E-state index contributed by atoms with van der Waals surface area (Å²) >= 11 is 1.77. The first-order valence-corrected chi connectivity index (χ1v) is 7.48. The highest BCUT2D eigenvalue weighted by molar-refractivity contribution is 7.98. The molecule has 0 aliphatic heterocycles. The molecule has 2 heteroatoms. The SMILES string of the molecule is CSc1cc2ccccc2c2oc3ccccc3c12. The van der Waals surface area contributed by atoms with Gasteiger partial charge in [-0.1, -0.05) is 42.5 Å². The van der Waals surface area contributed by atoms with Crippen LogP contribution < -0.4 is 0 Å². The summed E-state index contributed by atoms with van der Waals surface area (Å²) in [5.74, 6) is 0. The van der Waals surface area contributed by atoms with Gasteiger partial charge in [0.2, 0.25) is 0 Å². The Kier molecular flexibility index (Phi) is 2.32. The van der Waals surface area contributed by atoms with Gasteiger partial charge < -0.3 is 4.42 Å². The lowest BCUT2D eigenvalue weighted by atomic mass is 10.1. The second kappa shape index (κ2) is 4.04. The summed E-state index contributed by atoms with van der Waals surface area (Å²) in [6.45, 7) is 0. The lowest BCUT2D eigenvalue weighted by molar-refractivity contribution is 0.672. The molecule has 0 aliphatic carbocycles. The van der Waals surface area contributed by atoms with Crippen LogP contribution in [-0.4, -0.2) is 6.26 Å². The molecular weight excluding hydrogens is 252 g/mol. The number of fused-ring (bicyclic) bond motifs is 5. The van der Waals surface area contributed by atoms with Crippen LogP contribution in [0.5, 0.6) is 0 Å². The number of para-hydroxylation sites is 1. The Balaban J connectivity index is 2.34. The van der Waals surface area contributed by atoms with E-state index < -0.39 is 0 Å². The number of thioether (sulfide) groups is 1. The standard InChI is InChI=1S/C17H12OS/c1-19-15-10-11-6-2-3-7-12(11)17-16(15)13-8-4-5-9-14(13)18-17/h2-10H,1H3. The molecule has 0 amide bonds. The fourth-order valence-corrected chi connectivity index (χ4v) is 3.34. The van der Waals surface area contributed by atoms with Crippen LogP contribution in [0.2, 0.25) is 0 Å². The lowest BCUT2D eigenvalue weighted by Crippen LogP contribution is -1.78. The smallest absolute Gasteiger partial charge is 0.144 e. The fourth-order valence-electron chi connectivity index (χ4n) is 2.68. The molecule has 92 valence electrons. The topological polar surface area (TPSA) is 13.1 Å². The molecule has 0 spiro atoms. The zero-order chi connectivity index (χ0) is 12.8. The first kappa shape index (κ1) is 10.9. The first-order chi connectivity index (χ1) is 9.38. The third-order valence-corrected chi connectivity index (χ3v) is 4.32. The van der Waals surface area contributed by atoms with Crippen LogP contribution in [0.1, 0.15) is 0 Å². The molecule has 4 aromatic rings. The highest BCUT2D eigenvalue weighted by Crippen LogP contribution is 2.39. The quantitative estimate of drug-likeness (QED) is 0.423. The Labute approximate surface area is 115 Å². The largest absolute Gasteiger partial charge is 0.455 e. The maximum absolute atomic E-state index is 6.09. The summed E-state index contributed by atoms with van der Waals surface area (Å²) in [6.07, 6.45) is 2.12. The highest BCUT2D eigenvalue weighted by Gasteiger charge is 2.13. The third-order valence-electron chi connectivity index (χ3n) is 3.55. The molecule has 1 nitrogen and oxygen atoms in total. The molecule has 0 radical (unpaired) electrons. The minimum Gasteiger partial charge on any atom is -0.455 e. The van der Waals surface area contributed by atoms with E-state index in [-0.39, 0.29) is 0 Å². The van der Waals surface area contributed by atoms with Crippen LogP contribution in [-0.2, 0) is 0 Å². The molecule has 0 unspecified atom stereocenters. The first-order valence-electron chi connectivity index (χ1n) is 6.25. The van der Waals surface area contributed by atoms with Crippen molar-refractivity contribution in [3.8, 4) is 0 Å². The van der Waals surface area contributed by atoms with E-state index in [1.165, 1.54) is 26.4 Å². The van der Waals surface area contributed by atoms with Gasteiger partial charge in [0, 0.05) is 21.1 Å². The average Bonchev–Trinajstić information content (AvgIpc) is 2.86. The molecule has 0 bridgehead atoms. The second-order valence-corrected chi connectivity index (χ2v) is 5.45. The molecule has 0 fully saturated rings. The maximum atomic E-state index is 6.09. The minimum atomic E-state index is 0.962. The Bertz CT molecular complexity index is 905. The normalized spacial score (nSPS) is 11.6. The van der Waals surface area contributed by atoms with Gasteiger partial charge in [0.15, 0.2) is 0 Å². The van der Waals surface area contributed by atoms with E-state index in [9.17, 15) is 0 Å². The van der Waals surface area contributed by atoms with Crippen molar-refractivity contribution in [3.63, 3.8) is 0 Å². The summed E-state index contributed by atoms with van der Waals surface area (Å²) in [6, 6.07) is 18.9. The molecule has 3 aromatic carbocycles. The van der Waals surface area contributed by atoms with Crippen LogP contribution in [0.3, 0.4) is 0 Å². The number of rotatable bonds is 1. The van der Waals surface area contributed by atoms with E-state index in [1.54, 1.807) is 11.8 Å². The molecule has 19 heavy (non-hydrogen) atoms. The van der Waals surface area contributed by atoms with Gasteiger partial charge in [-0.15, -0.1) is 11.8 Å². The van der Waals surface area contributed by atoms with Crippen LogP contribution in [0, 0.1) is 0 Å². The molecule has 0 aliphatic rings.